The molecule has 0 bridgehead atoms. The van der Waals surface area contributed by atoms with Gasteiger partial charge in [0, 0.05) is 10.9 Å². The van der Waals surface area contributed by atoms with E-state index in [2.05, 4.69) is 31.9 Å². The SMILES string of the molecule is COc1ccc(CC(C)(O)c2cccc(Br)c2)cc1Br. The first-order valence-corrected chi connectivity index (χ1v) is 7.82. The van der Waals surface area contributed by atoms with Crippen LogP contribution in [-0.4, -0.2) is 12.2 Å². The Kier molecular flexibility index (Phi) is 4.89. The minimum Gasteiger partial charge on any atom is -0.496 e. The molecule has 4 heteroatoms. The van der Waals surface area contributed by atoms with Crippen molar-refractivity contribution in [1.82, 2.24) is 0 Å². The maximum Gasteiger partial charge on any atom is 0.133 e. The molecule has 0 saturated heterocycles. The fourth-order valence-electron chi connectivity index (χ4n) is 2.14. The molecule has 2 aromatic carbocycles. The molecule has 106 valence electrons. The van der Waals surface area contributed by atoms with Crippen LogP contribution in [0.1, 0.15) is 18.1 Å². The molecule has 0 aliphatic carbocycles. The lowest BCUT2D eigenvalue weighted by Crippen LogP contribution is -2.24. The van der Waals surface area contributed by atoms with Gasteiger partial charge in [-0.2, -0.15) is 0 Å². The summed E-state index contributed by atoms with van der Waals surface area (Å²) in [6, 6.07) is 13.6. The van der Waals surface area contributed by atoms with Crippen LogP contribution >= 0.6 is 31.9 Å². The molecule has 0 heterocycles. The lowest BCUT2D eigenvalue weighted by atomic mass is 9.89. The normalized spacial score (nSPS) is 13.8. The standard InChI is InChI=1S/C16H16Br2O2/c1-16(19,12-4-3-5-13(17)9-12)10-11-6-7-15(20-2)14(18)8-11/h3-9,19H,10H2,1-2H3. The summed E-state index contributed by atoms with van der Waals surface area (Å²) in [5.74, 6) is 0.788. The number of methoxy groups -OCH3 is 1. The number of hydrogen-bond acceptors (Lipinski definition) is 2. The quantitative estimate of drug-likeness (QED) is 0.809. The number of benzene rings is 2. The molecule has 0 amide bonds. The zero-order chi connectivity index (χ0) is 14.8. The van der Waals surface area contributed by atoms with Crippen LogP contribution in [-0.2, 0) is 12.0 Å². The highest BCUT2D eigenvalue weighted by molar-refractivity contribution is 9.10. The highest BCUT2D eigenvalue weighted by Gasteiger charge is 2.24. The molecule has 0 fully saturated rings. The maximum absolute atomic E-state index is 10.7. The Labute approximate surface area is 136 Å². The van der Waals surface area contributed by atoms with E-state index in [0.29, 0.717) is 6.42 Å². The van der Waals surface area contributed by atoms with Crippen LogP contribution in [0.2, 0.25) is 0 Å². The average molecular weight is 400 g/mol. The third-order valence-electron chi connectivity index (χ3n) is 3.21. The van der Waals surface area contributed by atoms with Crippen molar-refractivity contribution in [3.63, 3.8) is 0 Å². The van der Waals surface area contributed by atoms with Gasteiger partial charge in [-0.1, -0.05) is 34.1 Å². The second kappa shape index (κ2) is 6.29. The molecule has 20 heavy (non-hydrogen) atoms. The fourth-order valence-corrected chi connectivity index (χ4v) is 3.13. The minimum atomic E-state index is -0.919. The number of rotatable bonds is 4. The van der Waals surface area contributed by atoms with Gasteiger partial charge in [0.1, 0.15) is 5.75 Å². The number of ether oxygens (including phenoxy) is 1. The lowest BCUT2D eigenvalue weighted by molar-refractivity contribution is 0.0575. The molecule has 0 radical (unpaired) electrons. The number of hydrogen-bond donors (Lipinski definition) is 1. The third kappa shape index (κ3) is 3.62. The third-order valence-corrected chi connectivity index (χ3v) is 4.32. The molecule has 1 unspecified atom stereocenters. The van der Waals surface area contributed by atoms with E-state index in [1.165, 1.54) is 0 Å². The number of aliphatic hydroxyl groups is 1. The molecule has 0 aromatic heterocycles. The van der Waals surface area contributed by atoms with Crippen molar-refractivity contribution in [1.29, 1.82) is 0 Å². The summed E-state index contributed by atoms with van der Waals surface area (Å²) < 4.78 is 7.07. The molecule has 0 spiro atoms. The Morgan fingerprint density at radius 1 is 1.15 bits per heavy atom. The van der Waals surface area contributed by atoms with Crippen LogP contribution in [0.15, 0.2) is 51.4 Å². The van der Waals surface area contributed by atoms with Gasteiger partial charge >= 0.3 is 0 Å². The predicted molar refractivity (Wildman–Crippen MR) is 88.1 cm³/mol. The lowest BCUT2D eigenvalue weighted by Gasteiger charge is -2.24. The molecule has 0 aliphatic heterocycles. The summed E-state index contributed by atoms with van der Waals surface area (Å²) >= 11 is 6.90. The van der Waals surface area contributed by atoms with E-state index >= 15 is 0 Å². The summed E-state index contributed by atoms with van der Waals surface area (Å²) in [4.78, 5) is 0. The smallest absolute Gasteiger partial charge is 0.133 e. The van der Waals surface area contributed by atoms with Crippen LogP contribution < -0.4 is 4.74 Å². The first-order chi connectivity index (χ1) is 9.42. The Balaban J connectivity index is 2.26. The molecular weight excluding hydrogens is 384 g/mol. The van der Waals surface area contributed by atoms with Crippen LogP contribution in [0, 0.1) is 0 Å². The van der Waals surface area contributed by atoms with Gasteiger partial charge in [0.25, 0.3) is 0 Å². The van der Waals surface area contributed by atoms with E-state index in [0.717, 1.165) is 25.8 Å². The van der Waals surface area contributed by atoms with Crippen molar-refractivity contribution in [3.8, 4) is 5.75 Å². The molecule has 2 rings (SSSR count). The number of halogens is 2. The summed E-state index contributed by atoms with van der Waals surface area (Å²) in [5, 5.41) is 10.7. The van der Waals surface area contributed by atoms with Crippen LogP contribution in [0.25, 0.3) is 0 Å². The summed E-state index contributed by atoms with van der Waals surface area (Å²) in [5.41, 5.74) is 1.01. The Hall–Kier alpha value is -0.840. The Morgan fingerprint density at radius 3 is 2.50 bits per heavy atom. The monoisotopic (exact) mass is 398 g/mol. The van der Waals surface area contributed by atoms with Crippen molar-refractivity contribution < 1.29 is 9.84 Å². The molecule has 2 aromatic rings. The van der Waals surface area contributed by atoms with Crippen molar-refractivity contribution in [2.75, 3.05) is 7.11 Å². The largest absolute Gasteiger partial charge is 0.496 e. The molecule has 2 nitrogen and oxygen atoms in total. The second-order valence-corrected chi connectivity index (χ2v) is 6.70. The fraction of sp³-hybridized carbons (Fsp3) is 0.250. The average Bonchev–Trinajstić information content (AvgIpc) is 2.38. The Morgan fingerprint density at radius 2 is 1.90 bits per heavy atom. The molecule has 1 N–H and O–H groups in total. The van der Waals surface area contributed by atoms with Gasteiger partial charge < -0.3 is 9.84 Å². The molecule has 0 aliphatic rings. The van der Waals surface area contributed by atoms with E-state index in [9.17, 15) is 5.11 Å². The van der Waals surface area contributed by atoms with Gasteiger partial charge in [0.2, 0.25) is 0 Å². The van der Waals surface area contributed by atoms with Crippen molar-refractivity contribution in [2.45, 2.75) is 18.9 Å². The van der Waals surface area contributed by atoms with Crippen LogP contribution in [0.5, 0.6) is 5.75 Å². The van der Waals surface area contributed by atoms with Crippen molar-refractivity contribution >= 4 is 31.9 Å². The van der Waals surface area contributed by atoms with Crippen molar-refractivity contribution in [3.05, 3.63) is 62.5 Å². The topological polar surface area (TPSA) is 29.5 Å². The molecular formula is C16H16Br2O2. The zero-order valence-electron chi connectivity index (χ0n) is 11.4. The van der Waals surface area contributed by atoms with E-state index < -0.39 is 5.60 Å². The maximum atomic E-state index is 10.7. The highest BCUT2D eigenvalue weighted by atomic mass is 79.9. The van der Waals surface area contributed by atoms with Crippen LogP contribution in [0.3, 0.4) is 0 Å². The van der Waals surface area contributed by atoms with Gasteiger partial charge in [-0.05, 0) is 58.2 Å². The van der Waals surface area contributed by atoms with Gasteiger partial charge in [-0.3, -0.25) is 0 Å². The molecule has 0 saturated carbocycles. The Bertz CT molecular complexity index is 609. The van der Waals surface area contributed by atoms with E-state index in [4.69, 9.17) is 4.74 Å². The first kappa shape index (κ1) is 15.5. The summed E-state index contributed by atoms with van der Waals surface area (Å²) in [6.07, 6.45) is 0.534. The van der Waals surface area contributed by atoms with Crippen LogP contribution in [0.4, 0.5) is 0 Å². The summed E-state index contributed by atoms with van der Waals surface area (Å²) in [7, 11) is 1.64. The first-order valence-electron chi connectivity index (χ1n) is 6.23. The van der Waals surface area contributed by atoms with Gasteiger partial charge in [0.05, 0.1) is 17.2 Å². The highest BCUT2D eigenvalue weighted by Crippen LogP contribution is 2.31. The van der Waals surface area contributed by atoms with Crippen molar-refractivity contribution in [2.24, 2.45) is 0 Å². The van der Waals surface area contributed by atoms with Gasteiger partial charge in [0.15, 0.2) is 0 Å². The van der Waals surface area contributed by atoms with Gasteiger partial charge in [-0.15, -0.1) is 0 Å². The van der Waals surface area contributed by atoms with Gasteiger partial charge in [-0.25, -0.2) is 0 Å². The van der Waals surface area contributed by atoms with E-state index in [-0.39, 0.29) is 0 Å². The molecule has 1 atom stereocenters. The van der Waals surface area contributed by atoms with E-state index in [1.54, 1.807) is 7.11 Å². The summed E-state index contributed by atoms with van der Waals surface area (Å²) in [6.45, 7) is 1.83. The van der Waals surface area contributed by atoms with E-state index in [1.807, 2.05) is 49.4 Å². The zero-order valence-corrected chi connectivity index (χ0v) is 14.5. The minimum absolute atomic E-state index is 0.534. The predicted octanol–water partition coefficient (Wildman–Crippen LogP) is 4.67. The second-order valence-electron chi connectivity index (χ2n) is 4.93.